The van der Waals surface area contributed by atoms with Gasteiger partial charge in [-0.25, -0.2) is 4.98 Å². The average Bonchev–Trinajstić information content (AvgIpc) is 3.20. The summed E-state index contributed by atoms with van der Waals surface area (Å²) in [6, 6.07) is 4.03. The lowest BCUT2D eigenvalue weighted by Crippen LogP contribution is -2.52. The highest BCUT2D eigenvalue weighted by Gasteiger charge is 2.59. The van der Waals surface area contributed by atoms with Gasteiger partial charge in [0.25, 0.3) is 5.91 Å². The lowest BCUT2D eigenvalue weighted by molar-refractivity contribution is -0.141. The van der Waals surface area contributed by atoms with Crippen LogP contribution in [0.25, 0.3) is 21.5 Å². The number of halogens is 3. The Kier molecular flexibility index (Phi) is 7.44. The van der Waals surface area contributed by atoms with E-state index in [1.807, 2.05) is 27.7 Å². The zero-order valence-corrected chi connectivity index (χ0v) is 24.3. The molecule has 3 unspecified atom stereocenters. The van der Waals surface area contributed by atoms with Crippen molar-refractivity contribution in [3.05, 3.63) is 46.1 Å². The molecule has 2 aliphatic rings. The van der Waals surface area contributed by atoms with Gasteiger partial charge >= 0.3 is 6.18 Å². The third kappa shape index (κ3) is 5.23. The molecule has 0 bridgehead atoms. The van der Waals surface area contributed by atoms with Crippen LogP contribution in [-0.4, -0.2) is 63.7 Å². The van der Waals surface area contributed by atoms with Gasteiger partial charge in [0.1, 0.15) is 5.69 Å². The number of aromatic nitrogens is 2. The Morgan fingerprint density at radius 3 is 2.59 bits per heavy atom. The molecule has 3 amide bonds. The molecular weight excluding hydrogens is 555 g/mol. The maximum absolute atomic E-state index is 13.9. The fraction of sp³-hybridized carbons (Fsp3) is 0.483. The number of alkyl halides is 3. The van der Waals surface area contributed by atoms with Crippen LogP contribution in [0.3, 0.4) is 0 Å². The van der Waals surface area contributed by atoms with E-state index in [0.29, 0.717) is 46.7 Å². The Bertz CT molecular complexity index is 1540. The van der Waals surface area contributed by atoms with E-state index >= 15 is 0 Å². The van der Waals surface area contributed by atoms with Crippen molar-refractivity contribution in [1.29, 1.82) is 0 Å². The first-order valence-corrected chi connectivity index (χ1v) is 14.3. The molecule has 0 aromatic carbocycles. The number of piperazine rings is 1. The van der Waals surface area contributed by atoms with E-state index in [4.69, 9.17) is 0 Å². The molecular formula is C29H32F3N5O3S. The van der Waals surface area contributed by atoms with Gasteiger partial charge in [0.15, 0.2) is 0 Å². The van der Waals surface area contributed by atoms with Gasteiger partial charge in [-0.3, -0.25) is 24.3 Å². The highest BCUT2D eigenvalue weighted by molar-refractivity contribution is 7.19. The van der Waals surface area contributed by atoms with E-state index in [1.165, 1.54) is 24.5 Å². The van der Waals surface area contributed by atoms with Crippen molar-refractivity contribution in [2.45, 2.75) is 53.4 Å². The lowest BCUT2D eigenvalue weighted by Gasteiger charge is -2.34. The van der Waals surface area contributed by atoms with Gasteiger partial charge in [0.2, 0.25) is 12.3 Å². The lowest BCUT2D eigenvalue weighted by atomic mass is 9.98. The van der Waals surface area contributed by atoms with Crippen LogP contribution in [0.5, 0.6) is 0 Å². The summed E-state index contributed by atoms with van der Waals surface area (Å²) in [5.74, 6) is -0.739. The normalized spacial score (nSPS) is 22.0. The summed E-state index contributed by atoms with van der Waals surface area (Å²) < 4.78 is 42.2. The monoisotopic (exact) mass is 587 g/mol. The Labute approximate surface area is 239 Å². The quantitative estimate of drug-likeness (QED) is 0.413. The molecule has 1 saturated heterocycles. The second kappa shape index (κ2) is 10.5. The molecule has 0 spiro atoms. The molecule has 3 atom stereocenters. The second-order valence-electron chi connectivity index (χ2n) is 11.5. The van der Waals surface area contributed by atoms with Crippen molar-refractivity contribution in [1.82, 2.24) is 25.1 Å². The van der Waals surface area contributed by atoms with E-state index in [1.54, 1.807) is 17.0 Å². The van der Waals surface area contributed by atoms with Crippen molar-refractivity contribution >= 4 is 39.8 Å². The number of thiophene rings is 1. The fourth-order valence-corrected chi connectivity index (χ4v) is 6.89. The van der Waals surface area contributed by atoms with Gasteiger partial charge in [-0.05, 0) is 48.9 Å². The molecule has 8 nitrogen and oxygen atoms in total. The maximum atomic E-state index is 13.9. The molecule has 4 heterocycles. The number of fused-ring (bicyclic) bond motifs is 1. The Morgan fingerprint density at radius 2 is 1.98 bits per heavy atom. The predicted octanol–water partition coefficient (Wildman–Crippen LogP) is 4.90. The summed E-state index contributed by atoms with van der Waals surface area (Å²) in [4.78, 5) is 50.6. The molecule has 1 aliphatic heterocycles. The van der Waals surface area contributed by atoms with Gasteiger partial charge < -0.3 is 10.2 Å². The van der Waals surface area contributed by atoms with E-state index in [0.717, 1.165) is 11.0 Å². The summed E-state index contributed by atoms with van der Waals surface area (Å²) in [5, 5.41) is 3.22. The number of carbonyl (C=O) groups is 3. The SMILES string of the molecule is Cc1cc(C(F)(F)F)nc(-c2ccnc3cc(CN(C=O)C(=O)C4C(C)C4(C)C)sc23)c1C(=O)N1CCNCC1C. The van der Waals surface area contributed by atoms with Crippen molar-refractivity contribution in [2.75, 3.05) is 19.6 Å². The van der Waals surface area contributed by atoms with Crippen molar-refractivity contribution in [3.8, 4) is 11.3 Å². The van der Waals surface area contributed by atoms with Crippen molar-refractivity contribution in [3.63, 3.8) is 0 Å². The minimum absolute atomic E-state index is 0.0151. The second-order valence-corrected chi connectivity index (χ2v) is 12.7. The van der Waals surface area contributed by atoms with Crippen LogP contribution in [0.2, 0.25) is 0 Å². The third-order valence-corrected chi connectivity index (χ3v) is 9.71. The van der Waals surface area contributed by atoms with Crippen LogP contribution in [0.4, 0.5) is 13.2 Å². The predicted molar refractivity (Wildman–Crippen MR) is 149 cm³/mol. The van der Waals surface area contributed by atoms with Crippen LogP contribution in [0.1, 0.15) is 54.2 Å². The number of pyridine rings is 2. The van der Waals surface area contributed by atoms with E-state index in [-0.39, 0.29) is 58.5 Å². The standard InChI is InChI=1S/C29H32F3N5O3S/c1-15-10-21(29(30,31)32)35-24(22(15)26(39)37-9-8-33-12-16(37)2)19-6-7-34-20-11-18(41-25(19)20)13-36(14-38)27(40)23-17(3)28(23,4)5/h6-7,10-11,14,16-17,23,33H,8-9,12-13H2,1-5H3. The molecule has 12 heteroatoms. The summed E-state index contributed by atoms with van der Waals surface area (Å²) in [7, 11) is 0. The summed E-state index contributed by atoms with van der Waals surface area (Å²) in [5.41, 5.74) is -0.228. The highest BCUT2D eigenvalue weighted by Crippen LogP contribution is 2.58. The van der Waals surface area contributed by atoms with E-state index in [9.17, 15) is 27.6 Å². The Hall–Kier alpha value is -3.38. The topological polar surface area (TPSA) is 95.5 Å². The molecule has 2 fully saturated rings. The molecule has 0 radical (unpaired) electrons. The van der Waals surface area contributed by atoms with Gasteiger partial charge in [-0.2, -0.15) is 13.2 Å². The zero-order chi connectivity index (χ0) is 29.9. The Balaban J connectivity index is 1.59. The van der Waals surface area contributed by atoms with Crippen molar-refractivity contribution in [2.24, 2.45) is 17.3 Å². The van der Waals surface area contributed by atoms with Crippen LogP contribution in [-0.2, 0) is 22.3 Å². The molecule has 5 rings (SSSR count). The van der Waals surface area contributed by atoms with E-state index in [2.05, 4.69) is 15.3 Å². The Morgan fingerprint density at radius 1 is 1.27 bits per heavy atom. The van der Waals surface area contributed by atoms with Gasteiger partial charge in [0.05, 0.1) is 28.0 Å². The van der Waals surface area contributed by atoms with E-state index < -0.39 is 11.9 Å². The smallest absolute Gasteiger partial charge is 0.333 e. The molecule has 41 heavy (non-hydrogen) atoms. The number of aryl methyl sites for hydroxylation is 1. The van der Waals surface area contributed by atoms with Crippen LogP contribution in [0.15, 0.2) is 24.4 Å². The third-order valence-electron chi connectivity index (χ3n) is 8.57. The first-order chi connectivity index (χ1) is 19.3. The number of rotatable bonds is 6. The van der Waals surface area contributed by atoms with Gasteiger partial charge in [-0.1, -0.05) is 20.8 Å². The molecule has 1 saturated carbocycles. The maximum Gasteiger partial charge on any atom is 0.433 e. The fourth-order valence-electron chi connectivity index (χ4n) is 5.76. The van der Waals surface area contributed by atoms with Crippen molar-refractivity contribution < 1.29 is 27.6 Å². The minimum Gasteiger partial charge on any atom is -0.333 e. The first-order valence-electron chi connectivity index (χ1n) is 13.5. The van der Waals surface area contributed by atoms with Gasteiger partial charge in [-0.15, -0.1) is 11.3 Å². The summed E-state index contributed by atoms with van der Waals surface area (Å²) in [6.45, 7) is 10.9. The number of imide groups is 1. The average molecular weight is 588 g/mol. The number of nitrogens with one attached hydrogen (secondary N) is 1. The summed E-state index contributed by atoms with van der Waals surface area (Å²) >= 11 is 1.22. The largest absolute Gasteiger partial charge is 0.433 e. The summed E-state index contributed by atoms with van der Waals surface area (Å²) in [6.07, 6.45) is -2.73. The minimum atomic E-state index is -4.71. The van der Waals surface area contributed by atoms with Crippen LogP contribution < -0.4 is 5.32 Å². The molecule has 1 aliphatic carbocycles. The number of nitrogens with zero attached hydrogens (tertiary/aromatic N) is 4. The zero-order valence-electron chi connectivity index (χ0n) is 23.5. The molecule has 218 valence electrons. The first kappa shape index (κ1) is 29.1. The number of amides is 3. The molecule has 1 N–H and O–H groups in total. The van der Waals surface area contributed by atoms with Crippen LogP contribution in [0, 0.1) is 24.2 Å². The number of hydrogen-bond acceptors (Lipinski definition) is 7. The molecule has 3 aromatic rings. The number of carbonyl (C=O) groups excluding carboxylic acids is 3. The molecule has 3 aromatic heterocycles. The van der Waals surface area contributed by atoms with Gasteiger partial charge in [0, 0.05) is 48.2 Å². The van der Waals surface area contributed by atoms with Crippen LogP contribution >= 0.6 is 11.3 Å². The highest BCUT2D eigenvalue weighted by atomic mass is 32.1. The number of hydrogen-bond donors (Lipinski definition) is 1.